The van der Waals surface area contributed by atoms with Gasteiger partial charge in [-0.3, -0.25) is 0 Å². The molecule has 2 aromatic carbocycles. The SMILES string of the molecule is CC=CCc1nc(CC(C)C)nn1Cc1ccc(-c2ccccc2-c2nnn[nH]2)cc1. The molecule has 0 amide bonds. The van der Waals surface area contributed by atoms with Crippen LogP contribution in [-0.4, -0.2) is 35.4 Å². The van der Waals surface area contributed by atoms with Gasteiger partial charge in [0.1, 0.15) is 5.82 Å². The van der Waals surface area contributed by atoms with Crippen LogP contribution in [0.25, 0.3) is 22.5 Å². The van der Waals surface area contributed by atoms with Gasteiger partial charge in [0.25, 0.3) is 0 Å². The molecule has 2 aromatic heterocycles. The third kappa shape index (κ3) is 4.94. The maximum atomic E-state index is 4.77. The molecular formula is C24H27N7. The van der Waals surface area contributed by atoms with Gasteiger partial charge in [-0.15, -0.1) is 5.10 Å². The van der Waals surface area contributed by atoms with E-state index < -0.39 is 0 Å². The van der Waals surface area contributed by atoms with Crippen LogP contribution in [-0.2, 0) is 19.4 Å². The number of nitrogens with one attached hydrogen (secondary N) is 1. The third-order valence-electron chi connectivity index (χ3n) is 5.04. The monoisotopic (exact) mass is 413 g/mol. The predicted molar refractivity (Wildman–Crippen MR) is 121 cm³/mol. The molecule has 0 aliphatic heterocycles. The molecule has 31 heavy (non-hydrogen) atoms. The molecule has 4 rings (SSSR count). The minimum Gasteiger partial charge on any atom is -0.245 e. The fourth-order valence-electron chi connectivity index (χ4n) is 3.56. The van der Waals surface area contributed by atoms with Gasteiger partial charge in [0.15, 0.2) is 11.6 Å². The number of H-pyrrole nitrogens is 1. The summed E-state index contributed by atoms with van der Waals surface area (Å²) >= 11 is 0. The van der Waals surface area contributed by atoms with Crippen LogP contribution in [0.1, 0.15) is 38.0 Å². The summed E-state index contributed by atoms with van der Waals surface area (Å²) in [6.07, 6.45) is 5.86. The van der Waals surface area contributed by atoms with Crippen LogP contribution >= 0.6 is 0 Å². The molecular weight excluding hydrogens is 386 g/mol. The Labute approximate surface area is 182 Å². The summed E-state index contributed by atoms with van der Waals surface area (Å²) in [5.74, 6) is 3.11. The minimum absolute atomic E-state index is 0.532. The lowest BCUT2D eigenvalue weighted by Gasteiger charge is -2.09. The van der Waals surface area contributed by atoms with Gasteiger partial charge in [-0.2, -0.15) is 5.10 Å². The van der Waals surface area contributed by atoms with E-state index in [1.54, 1.807) is 0 Å². The van der Waals surface area contributed by atoms with Gasteiger partial charge in [0, 0.05) is 18.4 Å². The first-order chi connectivity index (χ1) is 15.1. The van der Waals surface area contributed by atoms with Crippen LogP contribution in [0.3, 0.4) is 0 Å². The van der Waals surface area contributed by atoms with Crippen molar-refractivity contribution in [3.05, 3.63) is 77.9 Å². The van der Waals surface area contributed by atoms with Crippen LogP contribution in [0.15, 0.2) is 60.7 Å². The molecule has 4 aromatic rings. The van der Waals surface area contributed by atoms with Crippen LogP contribution in [0.2, 0.25) is 0 Å². The van der Waals surface area contributed by atoms with Crippen molar-refractivity contribution in [2.75, 3.05) is 0 Å². The highest BCUT2D eigenvalue weighted by Crippen LogP contribution is 2.29. The maximum absolute atomic E-state index is 4.77. The summed E-state index contributed by atoms with van der Waals surface area (Å²) in [6, 6.07) is 16.7. The fourth-order valence-corrected chi connectivity index (χ4v) is 3.56. The second-order valence-corrected chi connectivity index (χ2v) is 7.97. The summed E-state index contributed by atoms with van der Waals surface area (Å²) in [5.41, 5.74) is 4.36. The number of nitrogens with zero attached hydrogens (tertiary/aromatic N) is 6. The highest BCUT2D eigenvalue weighted by Gasteiger charge is 2.12. The number of hydrogen-bond acceptors (Lipinski definition) is 5. The Morgan fingerprint density at radius 3 is 2.48 bits per heavy atom. The molecule has 158 valence electrons. The summed E-state index contributed by atoms with van der Waals surface area (Å²) in [6.45, 7) is 7.11. The van der Waals surface area contributed by atoms with Crippen molar-refractivity contribution in [2.24, 2.45) is 5.92 Å². The standard InChI is InChI=1S/C24H27N7/c1-4-5-10-23-25-22(15-17(2)3)28-31(23)16-18-11-13-19(14-12-18)20-8-6-7-9-21(20)24-26-29-30-27-24/h4-9,11-14,17H,10,15-16H2,1-3H3,(H,26,27,29,30). The van der Waals surface area contributed by atoms with E-state index in [1.165, 1.54) is 5.56 Å². The largest absolute Gasteiger partial charge is 0.245 e. The van der Waals surface area contributed by atoms with Gasteiger partial charge in [0.2, 0.25) is 0 Å². The molecule has 0 radical (unpaired) electrons. The van der Waals surface area contributed by atoms with Crippen molar-refractivity contribution in [3.8, 4) is 22.5 Å². The zero-order valence-corrected chi connectivity index (χ0v) is 18.2. The molecule has 1 N–H and O–H groups in total. The van der Waals surface area contributed by atoms with Gasteiger partial charge in [0.05, 0.1) is 6.54 Å². The molecule has 7 heteroatoms. The molecule has 2 heterocycles. The highest BCUT2D eigenvalue weighted by molar-refractivity contribution is 5.80. The van der Waals surface area contributed by atoms with Crippen molar-refractivity contribution in [1.29, 1.82) is 0 Å². The predicted octanol–water partition coefficient (Wildman–Crippen LogP) is 4.49. The number of tetrazole rings is 1. The molecule has 0 saturated carbocycles. The first-order valence-electron chi connectivity index (χ1n) is 10.6. The van der Waals surface area contributed by atoms with Gasteiger partial charge in [-0.1, -0.05) is 74.5 Å². The van der Waals surface area contributed by atoms with Gasteiger partial charge in [-0.05, 0) is 40.0 Å². The van der Waals surface area contributed by atoms with Gasteiger partial charge in [-0.25, -0.2) is 14.8 Å². The topological polar surface area (TPSA) is 85.2 Å². The summed E-state index contributed by atoms with van der Waals surface area (Å²) in [5, 5.41) is 19.1. The Hall–Kier alpha value is -3.61. The lowest BCUT2D eigenvalue weighted by atomic mass is 9.98. The molecule has 0 aliphatic carbocycles. The quantitative estimate of drug-likeness (QED) is 0.430. The van der Waals surface area contributed by atoms with E-state index in [9.17, 15) is 0 Å². The average Bonchev–Trinajstić information content (AvgIpc) is 3.43. The van der Waals surface area contributed by atoms with Crippen molar-refractivity contribution in [2.45, 2.75) is 40.2 Å². The van der Waals surface area contributed by atoms with Crippen molar-refractivity contribution < 1.29 is 0 Å². The smallest absolute Gasteiger partial charge is 0.180 e. The highest BCUT2D eigenvalue weighted by atomic mass is 15.5. The number of hydrogen-bond donors (Lipinski definition) is 1. The molecule has 0 fully saturated rings. The fraction of sp³-hybridized carbons (Fsp3) is 0.292. The van der Waals surface area contributed by atoms with E-state index in [-0.39, 0.29) is 0 Å². The van der Waals surface area contributed by atoms with E-state index in [0.717, 1.165) is 41.2 Å². The summed E-state index contributed by atoms with van der Waals surface area (Å²) in [7, 11) is 0. The van der Waals surface area contributed by atoms with E-state index in [0.29, 0.717) is 18.3 Å². The van der Waals surface area contributed by atoms with E-state index >= 15 is 0 Å². The number of aromatic amines is 1. The molecule has 7 nitrogen and oxygen atoms in total. The summed E-state index contributed by atoms with van der Waals surface area (Å²) in [4.78, 5) is 4.77. The zero-order valence-electron chi connectivity index (χ0n) is 18.2. The molecule has 0 unspecified atom stereocenters. The minimum atomic E-state index is 0.532. The van der Waals surface area contributed by atoms with Crippen LogP contribution in [0.4, 0.5) is 0 Å². The molecule has 0 atom stereocenters. The summed E-state index contributed by atoms with van der Waals surface area (Å²) < 4.78 is 2.03. The number of aromatic nitrogens is 7. The van der Waals surface area contributed by atoms with E-state index in [1.807, 2.05) is 29.8 Å². The Kier molecular flexibility index (Phi) is 6.31. The maximum Gasteiger partial charge on any atom is 0.180 e. The van der Waals surface area contributed by atoms with E-state index in [4.69, 9.17) is 10.1 Å². The van der Waals surface area contributed by atoms with Crippen LogP contribution in [0, 0.1) is 5.92 Å². The second kappa shape index (κ2) is 9.47. The lowest BCUT2D eigenvalue weighted by Crippen LogP contribution is -2.07. The van der Waals surface area contributed by atoms with Gasteiger partial charge < -0.3 is 0 Å². The first-order valence-corrected chi connectivity index (χ1v) is 10.6. The van der Waals surface area contributed by atoms with Crippen LogP contribution in [0.5, 0.6) is 0 Å². The normalized spacial score (nSPS) is 11.6. The third-order valence-corrected chi connectivity index (χ3v) is 5.04. The Bertz CT molecular complexity index is 1140. The van der Waals surface area contributed by atoms with Gasteiger partial charge >= 0.3 is 0 Å². The van der Waals surface area contributed by atoms with E-state index in [2.05, 4.69) is 77.0 Å². The number of allylic oxidation sites excluding steroid dienone is 2. The van der Waals surface area contributed by atoms with Crippen molar-refractivity contribution in [3.63, 3.8) is 0 Å². The zero-order chi connectivity index (χ0) is 21.6. The number of rotatable bonds is 8. The molecule has 0 spiro atoms. The second-order valence-electron chi connectivity index (χ2n) is 7.97. The Morgan fingerprint density at radius 2 is 1.81 bits per heavy atom. The average molecular weight is 414 g/mol. The van der Waals surface area contributed by atoms with Crippen LogP contribution < -0.4 is 0 Å². The Balaban J connectivity index is 1.58. The van der Waals surface area contributed by atoms with Crippen molar-refractivity contribution >= 4 is 0 Å². The molecule has 0 saturated heterocycles. The lowest BCUT2D eigenvalue weighted by molar-refractivity contribution is 0.599. The molecule has 0 bridgehead atoms. The molecule has 0 aliphatic rings. The number of benzene rings is 2. The van der Waals surface area contributed by atoms with Crippen molar-refractivity contribution in [1.82, 2.24) is 35.4 Å². The Morgan fingerprint density at radius 1 is 1.03 bits per heavy atom. The first kappa shape index (κ1) is 20.7.